The first-order valence-electron chi connectivity index (χ1n) is 4.10. The monoisotopic (exact) mass is 252 g/mol. The first-order chi connectivity index (χ1) is 7.66. The summed E-state index contributed by atoms with van der Waals surface area (Å²) in [5, 5.41) is 9.00. The predicted molar refractivity (Wildman–Crippen MR) is 67.2 cm³/mol. The molecule has 4 N–H and O–H groups in total. The largest absolute Gasteiger partial charge is 0.362 e. The lowest BCUT2D eigenvalue weighted by Crippen LogP contribution is -1.98. The van der Waals surface area contributed by atoms with E-state index in [1.807, 2.05) is 0 Å². The fraction of sp³-hybridized carbons (Fsp3) is 0.556. The van der Waals surface area contributed by atoms with Crippen molar-refractivity contribution in [3.8, 4) is 0 Å². The van der Waals surface area contributed by atoms with Crippen molar-refractivity contribution in [3.05, 3.63) is 0 Å². The van der Waals surface area contributed by atoms with E-state index in [0.29, 0.717) is 25.6 Å². The van der Waals surface area contributed by atoms with Gasteiger partial charge in [-0.15, -0.1) is 0 Å². The van der Waals surface area contributed by atoms with Crippen LogP contribution in [0.1, 0.15) is 7.43 Å². The molecule has 8 nitrogen and oxygen atoms in total. The molecule has 0 aliphatic rings. The molecule has 0 saturated carbocycles. The lowest BCUT2D eigenvalue weighted by Gasteiger charge is -1.64. The summed E-state index contributed by atoms with van der Waals surface area (Å²) in [6.07, 6.45) is 2.50. The van der Waals surface area contributed by atoms with Gasteiger partial charge in [0.05, 0.1) is 0 Å². The van der Waals surface area contributed by atoms with Crippen LogP contribution in [0.15, 0.2) is 0 Å². The number of carbonyl (C=O) groups is 4. The minimum absolute atomic E-state index is 0. The van der Waals surface area contributed by atoms with E-state index in [0.717, 1.165) is 0 Å². The summed E-state index contributed by atoms with van der Waals surface area (Å²) in [7, 11) is 6.25. The first kappa shape index (κ1) is 29.4. The third-order valence-corrected chi connectivity index (χ3v) is 0.471. The van der Waals surface area contributed by atoms with Crippen LogP contribution in [0, 0.1) is 0 Å². The van der Waals surface area contributed by atoms with Gasteiger partial charge < -0.3 is 21.3 Å². The van der Waals surface area contributed by atoms with Gasteiger partial charge in [-0.2, -0.15) is 0 Å². The maximum Gasteiger partial charge on any atom is 0.206 e. The van der Waals surface area contributed by atoms with E-state index in [1.54, 1.807) is 28.2 Å². The van der Waals surface area contributed by atoms with Crippen LogP contribution >= 0.6 is 0 Å². The molecule has 104 valence electrons. The molecule has 0 fully saturated rings. The molecule has 0 aliphatic heterocycles. The standard InChI is InChI=1S/4C2H5NO.CH4/c4*1-3-2-4;/h4*2H,1H3,(H,3,4);1H4. The highest BCUT2D eigenvalue weighted by Crippen LogP contribution is 1.11. The second-order valence-corrected chi connectivity index (χ2v) is 1.63. The Morgan fingerprint density at radius 2 is 0.588 bits per heavy atom. The van der Waals surface area contributed by atoms with Crippen molar-refractivity contribution in [2.24, 2.45) is 0 Å². The Kier molecular flexibility index (Phi) is 115. The van der Waals surface area contributed by atoms with E-state index in [9.17, 15) is 0 Å². The highest BCUT2D eigenvalue weighted by molar-refractivity contribution is 5.45. The van der Waals surface area contributed by atoms with Gasteiger partial charge in [-0.05, 0) is 0 Å². The van der Waals surface area contributed by atoms with Gasteiger partial charge in [0.1, 0.15) is 0 Å². The summed E-state index contributed by atoms with van der Waals surface area (Å²) in [5.41, 5.74) is 0. The molecule has 0 radical (unpaired) electrons. The smallest absolute Gasteiger partial charge is 0.206 e. The lowest BCUT2D eigenvalue weighted by molar-refractivity contribution is -0.109. The number of amides is 4. The van der Waals surface area contributed by atoms with Crippen LogP contribution < -0.4 is 21.3 Å². The minimum Gasteiger partial charge on any atom is -0.362 e. The molecule has 0 saturated heterocycles. The normalized spacial score (nSPS) is 4.94. The Bertz CT molecular complexity index is 113. The highest BCUT2D eigenvalue weighted by atomic mass is 16.1. The molecule has 0 aromatic heterocycles. The van der Waals surface area contributed by atoms with E-state index < -0.39 is 0 Å². The van der Waals surface area contributed by atoms with Crippen molar-refractivity contribution in [1.29, 1.82) is 0 Å². The third kappa shape index (κ3) is 554. The highest BCUT2D eigenvalue weighted by Gasteiger charge is 1.44. The van der Waals surface area contributed by atoms with E-state index in [4.69, 9.17) is 19.2 Å². The zero-order valence-electron chi connectivity index (χ0n) is 9.94. The van der Waals surface area contributed by atoms with Crippen molar-refractivity contribution in [2.45, 2.75) is 7.43 Å². The summed E-state index contributed by atoms with van der Waals surface area (Å²) in [4.78, 5) is 36.2. The van der Waals surface area contributed by atoms with Gasteiger partial charge in [-0.1, -0.05) is 7.43 Å². The molecule has 0 bridgehead atoms. The van der Waals surface area contributed by atoms with E-state index in [2.05, 4.69) is 21.3 Å². The number of nitrogens with one attached hydrogen (secondary N) is 4. The Balaban J connectivity index is -0.0000000369. The number of hydrogen-bond donors (Lipinski definition) is 4. The molecular formula is C9H24N4O4. The number of hydrogen-bond acceptors (Lipinski definition) is 4. The van der Waals surface area contributed by atoms with Crippen molar-refractivity contribution >= 4 is 25.6 Å². The molecule has 17 heavy (non-hydrogen) atoms. The van der Waals surface area contributed by atoms with Gasteiger partial charge in [0.2, 0.25) is 25.6 Å². The molecule has 0 heterocycles. The Labute approximate surface area is 103 Å². The number of rotatable bonds is 4. The second kappa shape index (κ2) is 66.6. The molecule has 0 aromatic rings. The fourth-order valence-corrected chi connectivity index (χ4v) is 0. The average molecular weight is 252 g/mol. The molecule has 0 rings (SSSR count). The minimum atomic E-state index is 0. The van der Waals surface area contributed by atoms with Crippen LogP contribution in [0.2, 0.25) is 0 Å². The zero-order chi connectivity index (χ0) is 13.7. The van der Waals surface area contributed by atoms with E-state index in [1.165, 1.54) is 0 Å². The van der Waals surface area contributed by atoms with Gasteiger partial charge in [-0.25, -0.2) is 0 Å². The van der Waals surface area contributed by atoms with Gasteiger partial charge in [0.15, 0.2) is 0 Å². The van der Waals surface area contributed by atoms with Crippen LogP contribution in [0.5, 0.6) is 0 Å². The maximum atomic E-state index is 9.06. The molecule has 0 aliphatic carbocycles. The Morgan fingerprint density at radius 1 is 0.529 bits per heavy atom. The van der Waals surface area contributed by atoms with E-state index >= 15 is 0 Å². The van der Waals surface area contributed by atoms with Crippen LogP contribution in [-0.4, -0.2) is 53.8 Å². The maximum absolute atomic E-state index is 9.06. The van der Waals surface area contributed by atoms with Crippen LogP contribution in [0.4, 0.5) is 0 Å². The Morgan fingerprint density at radius 3 is 0.588 bits per heavy atom. The molecule has 8 heteroatoms. The summed E-state index contributed by atoms with van der Waals surface area (Å²) in [6.45, 7) is 0. The third-order valence-electron chi connectivity index (χ3n) is 0.471. The van der Waals surface area contributed by atoms with Crippen molar-refractivity contribution in [2.75, 3.05) is 28.2 Å². The Hall–Kier alpha value is -2.12. The summed E-state index contributed by atoms with van der Waals surface area (Å²) >= 11 is 0. The summed E-state index contributed by atoms with van der Waals surface area (Å²) < 4.78 is 0. The SMILES string of the molecule is C.CNC=O.CNC=O.CNC=O.CNC=O. The van der Waals surface area contributed by atoms with Crippen molar-refractivity contribution in [3.63, 3.8) is 0 Å². The van der Waals surface area contributed by atoms with Crippen molar-refractivity contribution < 1.29 is 19.2 Å². The zero-order valence-corrected chi connectivity index (χ0v) is 9.94. The summed E-state index contributed by atoms with van der Waals surface area (Å²) in [5.74, 6) is 0. The van der Waals surface area contributed by atoms with Gasteiger partial charge in [0, 0.05) is 28.2 Å². The second-order valence-electron chi connectivity index (χ2n) is 1.63. The average Bonchev–Trinajstić information content (AvgIpc) is 2.39. The summed E-state index contributed by atoms with van der Waals surface area (Å²) in [6, 6.07) is 0. The van der Waals surface area contributed by atoms with Crippen LogP contribution in [-0.2, 0) is 19.2 Å². The molecule has 0 unspecified atom stereocenters. The first-order valence-corrected chi connectivity index (χ1v) is 4.10. The predicted octanol–water partition coefficient (Wildman–Crippen LogP) is -1.92. The fourth-order valence-electron chi connectivity index (χ4n) is 0. The van der Waals surface area contributed by atoms with Crippen LogP contribution in [0.25, 0.3) is 0 Å². The van der Waals surface area contributed by atoms with Crippen LogP contribution in [0.3, 0.4) is 0 Å². The van der Waals surface area contributed by atoms with Gasteiger partial charge >= 0.3 is 0 Å². The molecule has 4 amide bonds. The van der Waals surface area contributed by atoms with Crippen molar-refractivity contribution in [1.82, 2.24) is 21.3 Å². The van der Waals surface area contributed by atoms with Gasteiger partial charge in [-0.3, -0.25) is 19.2 Å². The molecular weight excluding hydrogens is 228 g/mol. The van der Waals surface area contributed by atoms with E-state index in [-0.39, 0.29) is 7.43 Å². The van der Waals surface area contributed by atoms with Gasteiger partial charge in [0.25, 0.3) is 0 Å². The quantitative estimate of drug-likeness (QED) is 0.437. The topological polar surface area (TPSA) is 116 Å². The lowest BCUT2D eigenvalue weighted by atomic mass is 11.2. The number of carbonyl (C=O) groups excluding carboxylic acids is 4. The molecule has 0 spiro atoms. The molecule has 0 aromatic carbocycles. The molecule has 0 atom stereocenters.